The fraction of sp³-hybridized carbons (Fsp3) is 0.526. The molecule has 0 aliphatic carbocycles. The monoisotopic (exact) mass is 358 g/mol. The first-order valence-corrected chi connectivity index (χ1v) is 9.12. The molecule has 1 aromatic rings. The number of rotatable bonds is 6. The van der Waals surface area contributed by atoms with Crippen molar-refractivity contribution in [1.29, 1.82) is 0 Å². The molecule has 3 rings (SSSR count). The second kappa shape index (κ2) is 8.91. The van der Waals surface area contributed by atoms with Crippen LogP contribution < -0.4 is 5.43 Å². The molecule has 1 fully saturated rings. The third-order valence-electron chi connectivity index (χ3n) is 4.68. The summed E-state index contributed by atoms with van der Waals surface area (Å²) in [4.78, 5) is 28.4. The third-order valence-corrected chi connectivity index (χ3v) is 4.68. The molecule has 0 atom stereocenters. The largest absolute Gasteiger partial charge is 0.379 e. The average Bonchev–Trinajstić information content (AvgIpc) is 2.66. The van der Waals surface area contributed by atoms with E-state index in [0.29, 0.717) is 31.6 Å². The van der Waals surface area contributed by atoms with Gasteiger partial charge in [0.15, 0.2) is 0 Å². The first-order valence-electron chi connectivity index (χ1n) is 9.12. The van der Waals surface area contributed by atoms with Gasteiger partial charge in [-0.2, -0.15) is 5.10 Å². The molecule has 0 unspecified atom stereocenters. The van der Waals surface area contributed by atoms with Crippen LogP contribution in [0, 0.1) is 6.92 Å². The molecule has 1 aromatic carbocycles. The highest BCUT2D eigenvalue weighted by Gasteiger charge is 2.24. The summed E-state index contributed by atoms with van der Waals surface area (Å²) in [6, 6.07) is 8.18. The lowest BCUT2D eigenvalue weighted by Crippen LogP contribution is -2.45. The minimum absolute atomic E-state index is 0.0974. The fourth-order valence-corrected chi connectivity index (χ4v) is 3.18. The normalized spacial score (nSPS) is 18.2. The van der Waals surface area contributed by atoms with Crippen molar-refractivity contribution in [1.82, 2.24) is 15.2 Å². The van der Waals surface area contributed by atoms with Gasteiger partial charge in [-0.25, -0.2) is 5.43 Å². The topological polar surface area (TPSA) is 74.2 Å². The zero-order chi connectivity index (χ0) is 18.4. The van der Waals surface area contributed by atoms with Gasteiger partial charge in [0.05, 0.1) is 13.2 Å². The molecule has 2 aliphatic heterocycles. The lowest BCUT2D eigenvalue weighted by atomic mass is 10.1. The lowest BCUT2D eigenvalue weighted by Gasteiger charge is -2.30. The van der Waals surface area contributed by atoms with Gasteiger partial charge >= 0.3 is 0 Å². The van der Waals surface area contributed by atoms with Gasteiger partial charge in [-0.3, -0.25) is 14.5 Å². The highest BCUT2D eigenvalue weighted by molar-refractivity contribution is 6.39. The van der Waals surface area contributed by atoms with Crippen LogP contribution in [0.25, 0.3) is 0 Å². The molecule has 2 heterocycles. The Balaban J connectivity index is 1.69. The van der Waals surface area contributed by atoms with Crippen LogP contribution in [-0.4, -0.2) is 66.7 Å². The summed E-state index contributed by atoms with van der Waals surface area (Å²) in [6.07, 6.45) is 0.707. The quantitative estimate of drug-likeness (QED) is 0.821. The van der Waals surface area contributed by atoms with Crippen LogP contribution in [0.4, 0.5) is 0 Å². The second-order valence-corrected chi connectivity index (χ2v) is 6.76. The molecule has 0 bridgehead atoms. The molecule has 7 heteroatoms. The van der Waals surface area contributed by atoms with Crippen molar-refractivity contribution in [2.24, 2.45) is 5.10 Å². The van der Waals surface area contributed by atoms with Gasteiger partial charge < -0.3 is 9.64 Å². The molecule has 26 heavy (non-hydrogen) atoms. The summed E-state index contributed by atoms with van der Waals surface area (Å²) >= 11 is 0. The zero-order valence-corrected chi connectivity index (χ0v) is 15.2. The first kappa shape index (κ1) is 18.5. The van der Waals surface area contributed by atoms with E-state index in [1.165, 1.54) is 5.56 Å². The van der Waals surface area contributed by atoms with Crippen LogP contribution in [0.3, 0.4) is 0 Å². The predicted octanol–water partition coefficient (Wildman–Crippen LogP) is 0.922. The molecule has 1 N–H and O–H groups in total. The highest BCUT2D eigenvalue weighted by Crippen LogP contribution is 2.11. The van der Waals surface area contributed by atoms with Crippen molar-refractivity contribution in [3.63, 3.8) is 0 Å². The van der Waals surface area contributed by atoms with Gasteiger partial charge in [-0.1, -0.05) is 29.8 Å². The van der Waals surface area contributed by atoms with Gasteiger partial charge in [0, 0.05) is 45.6 Å². The van der Waals surface area contributed by atoms with Gasteiger partial charge in [0.1, 0.15) is 5.71 Å². The van der Waals surface area contributed by atoms with E-state index in [4.69, 9.17) is 4.74 Å². The first-order chi connectivity index (χ1) is 12.6. The van der Waals surface area contributed by atoms with E-state index in [-0.39, 0.29) is 11.8 Å². The number of hydrogen-bond acceptors (Lipinski definition) is 5. The Morgan fingerprint density at radius 3 is 2.81 bits per heavy atom. The van der Waals surface area contributed by atoms with Crippen LogP contribution in [-0.2, 0) is 20.9 Å². The molecule has 2 amide bonds. The minimum Gasteiger partial charge on any atom is -0.379 e. The molecule has 0 radical (unpaired) electrons. The number of carbonyl (C=O) groups is 2. The summed E-state index contributed by atoms with van der Waals surface area (Å²) in [5, 5.41) is 3.98. The van der Waals surface area contributed by atoms with Gasteiger partial charge in [0.2, 0.25) is 5.91 Å². The van der Waals surface area contributed by atoms with E-state index in [9.17, 15) is 9.59 Å². The summed E-state index contributed by atoms with van der Waals surface area (Å²) in [5.41, 5.74) is 5.12. The van der Waals surface area contributed by atoms with E-state index < -0.39 is 0 Å². The zero-order valence-electron chi connectivity index (χ0n) is 15.2. The number of amides is 2. The summed E-state index contributed by atoms with van der Waals surface area (Å²) in [7, 11) is 0. The molecule has 0 spiro atoms. The van der Waals surface area contributed by atoms with Gasteiger partial charge in [-0.05, 0) is 12.5 Å². The van der Waals surface area contributed by atoms with Crippen molar-refractivity contribution in [2.45, 2.75) is 26.3 Å². The maximum atomic E-state index is 13.0. The second-order valence-electron chi connectivity index (χ2n) is 6.76. The average molecular weight is 358 g/mol. The maximum Gasteiger partial charge on any atom is 0.270 e. The summed E-state index contributed by atoms with van der Waals surface area (Å²) in [6.45, 7) is 7.28. The Hall–Kier alpha value is -2.25. The lowest BCUT2D eigenvalue weighted by molar-refractivity contribution is -0.125. The fourth-order valence-electron chi connectivity index (χ4n) is 3.18. The summed E-state index contributed by atoms with van der Waals surface area (Å²) in [5.74, 6) is -0.236. The number of hydrogen-bond donors (Lipinski definition) is 1. The molecule has 0 saturated carbocycles. The van der Waals surface area contributed by atoms with Crippen LogP contribution in [0.2, 0.25) is 0 Å². The molecule has 0 aromatic heterocycles. The maximum absolute atomic E-state index is 13.0. The number of morpholine rings is 1. The Bertz CT molecular complexity index is 683. The van der Waals surface area contributed by atoms with Crippen LogP contribution >= 0.6 is 0 Å². The predicted molar refractivity (Wildman–Crippen MR) is 98.7 cm³/mol. The molecule has 1 saturated heterocycles. The number of nitrogens with one attached hydrogen (secondary N) is 1. The smallest absolute Gasteiger partial charge is 0.270 e. The number of nitrogens with zero attached hydrogens (tertiary/aromatic N) is 3. The molecule has 140 valence electrons. The third kappa shape index (κ3) is 5.12. The van der Waals surface area contributed by atoms with Crippen molar-refractivity contribution < 1.29 is 14.3 Å². The number of carbonyl (C=O) groups excluding carboxylic acids is 2. The van der Waals surface area contributed by atoms with Crippen molar-refractivity contribution in [2.75, 3.05) is 39.4 Å². The molecule has 2 aliphatic rings. The Kier molecular flexibility index (Phi) is 6.35. The summed E-state index contributed by atoms with van der Waals surface area (Å²) < 4.78 is 5.39. The van der Waals surface area contributed by atoms with E-state index in [2.05, 4.69) is 21.5 Å². The van der Waals surface area contributed by atoms with E-state index in [1.807, 2.05) is 30.0 Å². The van der Waals surface area contributed by atoms with Gasteiger partial charge in [-0.15, -0.1) is 0 Å². The van der Waals surface area contributed by atoms with Gasteiger partial charge in [0.25, 0.3) is 5.91 Å². The van der Waals surface area contributed by atoms with Crippen LogP contribution in [0.5, 0.6) is 0 Å². The number of benzene rings is 1. The van der Waals surface area contributed by atoms with Crippen LogP contribution in [0.15, 0.2) is 29.4 Å². The van der Waals surface area contributed by atoms with Crippen molar-refractivity contribution in [3.05, 3.63) is 35.4 Å². The van der Waals surface area contributed by atoms with E-state index in [0.717, 1.165) is 38.4 Å². The van der Waals surface area contributed by atoms with Crippen molar-refractivity contribution in [3.8, 4) is 0 Å². The van der Waals surface area contributed by atoms with Crippen LogP contribution in [0.1, 0.15) is 24.0 Å². The highest BCUT2D eigenvalue weighted by atomic mass is 16.5. The Labute approximate surface area is 154 Å². The van der Waals surface area contributed by atoms with E-state index in [1.54, 1.807) is 0 Å². The van der Waals surface area contributed by atoms with E-state index >= 15 is 0 Å². The number of hydrazone groups is 1. The molecular formula is C19H26N4O3. The SMILES string of the molecule is Cc1cccc(CN(CCN2CCOCC2)C(=O)C2=NNC(=O)CC2)c1. The molecule has 7 nitrogen and oxygen atoms in total. The Morgan fingerprint density at radius 1 is 1.31 bits per heavy atom. The standard InChI is InChI=1S/C19H26N4O3/c1-15-3-2-4-16(13-15)14-23(8-7-22-9-11-26-12-10-22)19(25)17-5-6-18(24)21-20-17/h2-4,13H,5-12,14H2,1H3,(H,21,24). The number of aryl methyl sites for hydroxylation is 1. The van der Waals surface area contributed by atoms with Crippen molar-refractivity contribution >= 4 is 17.5 Å². The number of ether oxygens (including phenoxy) is 1. The Morgan fingerprint density at radius 2 is 2.12 bits per heavy atom. The molecular weight excluding hydrogens is 332 g/mol. The minimum atomic E-state index is -0.139.